The number of benzene rings is 2. The number of aryl methyl sites for hydroxylation is 4. The zero-order valence-electron chi connectivity index (χ0n) is 17.2. The zero-order valence-corrected chi connectivity index (χ0v) is 17.2. The lowest BCUT2D eigenvalue weighted by molar-refractivity contribution is -0.151. The molecule has 2 amide bonds. The Bertz CT molecular complexity index is 967. The van der Waals surface area contributed by atoms with Crippen LogP contribution in [0.3, 0.4) is 0 Å². The monoisotopic (exact) mass is 394 g/mol. The Morgan fingerprint density at radius 1 is 1.03 bits per heavy atom. The highest BCUT2D eigenvalue weighted by Crippen LogP contribution is 2.29. The normalized spacial score (nSPS) is 16.1. The number of rotatable bonds is 5. The molecule has 0 bridgehead atoms. The highest BCUT2D eigenvalue weighted by molar-refractivity contribution is 6.00. The van der Waals surface area contributed by atoms with E-state index in [2.05, 4.69) is 5.32 Å². The van der Waals surface area contributed by atoms with Crippen molar-refractivity contribution in [2.45, 2.75) is 34.1 Å². The molecule has 0 radical (unpaired) electrons. The summed E-state index contributed by atoms with van der Waals surface area (Å²) in [5.74, 6) is -1.61. The molecular formula is C23H26N2O4. The first-order chi connectivity index (χ1) is 13.7. The van der Waals surface area contributed by atoms with Crippen LogP contribution in [0.2, 0.25) is 0 Å². The van der Waals surface area contributed by atoms with Crippen LogP contribution in [0.15, 0.2) is 36.4 Å². The molecule has 1 N–H and O–H groups in total. The molecule has 0 saturated carbocycles. The molecule has 29 heavy (non-hydrogen) atoms. The van der Waals surface area contributed by atoms with Crippen molar-refractivity contribution >= 4 is 29.2 Å². The number of hydrogen-bond donors (Lipinski definition) is 1. The van der Waals surface area contributed by atoms with E-state index in [1.807, 2.05) is 64.1 Å². The fraction of sp³-hybridized carbons (Fsp3) is 0.348. The molecule has 0 unspecified atom stereocenters. The molecule has 1 fully saturated rings. The van der Waals surface area contributed by atoms with E-state index in [1.54, 1.807) is 4.90 Å². The maximum atomic E-state index is 12.4. The summed E-state index contributed by atoms with van der Waals surface area (Å²) in [5, 5.41) is 2.75. The maximum Gasteiger partial charge on any atom is 0.311 e. The summed E-state index contributed by atoms with van der Waals surface area (Å²) in [5.41, 5.74) is 5.58. The van der Waals surface area contributed by atoms with Crippen LogP contribution in [0.4, 0.5) is 11.4 Å². The van der Waals surface area contributed by atoms with Crippen LogP contribution in [0.5, 0.6) is 0 Å². The summed E-state index contributed by atoms with van der Waals surface area (Å²) in [6.07, 6.45) is 0.0882. The summed E-state index contributed by atoms with van der Waals surface area (Å²) < 4.78 is 5.18. The number of anilines is 2. The summed E-state index contributed by atoms with van der Waals surface area (Å²) >= 11 is 0. The molecule has 0 aromatic heterocycles. The molecule has 2 aromatic carbocycles. The van der Waals surface area contributed by atoms with Crippen molar-refractivity contribution in [2.75, 3.05) is 23.4 Å². The fourth-order valence-electron chi connectivity index (χ4n) is 3.50. The van der Waals surface area contributed by atoms with E-state index in [9.17, 15) is 14.4 Å². The van der Waals surface area contributed by atoms with Crippen LogP contribution in [-0.4, -0.2) is 30.9 Å². The van der Waals surface area contributed by atoms with Gasteiger partial charge in [-0.15, -0.1) is 0 Å². The molecule has 1 heterocycles. The van der Waals surface area contributed by atoms with Crippen molar-refractivity contribution in [3.8, 4) is 0 Å². The Morgan fingerprint density at radius 2 is 1.72 bits per heavy atom. The van der Waals surface area contributed by atoms with Crippen LogP contribution >= 0.6 is 0 Å². The average molecular weight is 394 g/mol. The SMILES string of the molecule is Cc1ccc(NC(=O)COC(=O)[C@H]2CC(=O)N(c3cc(C)ccc3C)C2)c(C)c1. The van der Waals surface area contributed by atoms with Gasteiger partial charge in [0.15, 0.2) is 6.61 Å². The van der Waals surface area contributed by atoms with E-state index in [0.717, 1.165) is 27.9 Å². The molecule has 152 valence electrons. The molecule has 1 saturated heterocycles. The predicted octanol–water partition coefficient (Wildman–Crippen LogP) is 3.46. The molecule has 0 spiro atoms. The van der Waals surface area contributed by atoms with Crippen LogP contribution in [0.25, 0.3) is 0 Å². The fourth-order valence-corrected chi connectivity index (χ4v) is 3.50. The van der Waals surface area contributed by atoms with Crippen LogP contribution in [0, 0.1) is 33.6 Å². The van der Waals surface area contributed by atoms with E-state index in [1.165, 1.54) is 0 Å². The number of amides is 2. The Balaban J connectivity index is 1.56. The number of hydrogen-bond acceptors (Lipinski definition) is 4. The first-order valence-corrected chi connectivity index (χ1v) is 9.66. The third kappa shape index (κ3) is 4.83. The lowest BCUT2D eigenvalue weighted by Crippen LogP contribution is -2.28. The number of nitrogens with zero attached hydrogens (tertiary/aromatic N) is 1. The molecule has 1 aliphatic heterocycles. The topological polar surface area (TPSA) is 75.7 Å². The van der Waals surface area contributed by atoms with Gasteiger partial charge in [-0.05, 0) is 56.5 Å². The minimum Gasteiger partial charge on any atom is -0.455 e. The van der Waals surface area contributed by atoms with Crippen molar-refractivity contribution in [3.63, 3.8) is 0 Å². The minimum absolute atomic E-state index is 0.0882. The van der Waals surface area contributed by atoms with Crippen molar-refractivity contribution in [3.05, 3.63) is 58.7 Å². The first-order valence-electron chi connectivity index (χ1n) is 9.66. The van der Waals surface area contributed by atoms with Crippen molar-refractivity contribution in [1.29, 1.82) is 0 Å². The van der Waals surface area contributed by atoms with E-state index < -0.39 is 17.8 Å². The summed E-state index contributed by atoms with van der Waals surface area (Å²) in [7, 11) is 0. The second kappa shape index (κ2) is 8.47. The number of carbonyl (C=O) groups is 3. The Hall–Kier alpha value is -3.15. The molecule has 1 atom stereocenters. The zero-order chi connectivity index (χ0) is 21.1. The lowest BCUT2D eigenvalue weighted by Gasteiger charge is -2.19. The number of ether oxygens (including phenoxy) is 1. The van der Waals surface area contributed by atoms with Crippen molar-refractivity contribution in [2.24, 2.45) is 5.92 Å². The standard InChI is InChI=1S/C23H26N2O4/c1-14-6-8-19(17(4)9-14)24-21(26)13-29-23(28)18-11-22(27)25(12-18)20-10-15(2)5-7-16(20)3/h5-10,18H,11-13H2,1-4H3,(H,24,26)/t18-/m0/s1. The van der Waals surface area contributed by atoms with Crippen LogP contribution < -0.4 is 10.2 Å². The molecule has 3 rings (SSSR count). The molecule has 6 nitrogen and oxygen atoms in total. The summed E-state index contributed by atoms with van der Waals surface area (Å²) in [6, 6.07) is 11.6. The van der Waals surface area contributed by atoms with Gasteiger partial charge in [-0.3, -0.25) is 14.4 Å². The third-order valence-corrected chi connectivity index (χ3v) is 5.12. The lowest BCUT2D eigenvalue weighted by atomic mass is 10.1. The number of nitrogens with one attached hydrogen (secondary N) is 1. The molecule has 1 aliphatic rings. The van der Waals surface area contributed by atoms with Gasteiger partial charge in [0, 0.05) is 24.3 Å². The van der Waals surface area contributed by atoms with Crippen molar-refractivity contribution in [1.82, 2.24) is 0 Å². The van der Waals surface area contributed by atoms with E-state index in [0.29, 0.717) is 5.69 Å². The number of esters is 1. The minimum atomic E-state index is -0.573. The Labute approximate surface area is 170 Å². The average Bonchev–Trinajstić information content (AvgIpc) is 3.05. The molecule has 2 aromatic rings. The second-order valence-electron chi connectivity index (χ2n) is 7.67. The largest absolute Gasteiger partial charge is 0.455 e. The first kappa shape index (κ1) is 20.6. The molecular weight excluding hydrogens is 368 g/mol. The van der Waals surface area contributed by atoms with Gasteiger partial charge in [0.25, 0.3) is 5.91 Å². The van der Waals surface area contributed by atoms with E-state index >= 15 is 0 Å². The highest BCUT2D eigenvalue weighted by atomic mass is 16.5. The summed E-state index contributed by atoms with van der Waals surface area (Å²) in [6.45, 7) is 7.67. The molecule has 0 aliphatic carbocycles. The van der Waals surface area contributed by atoms with Gasteiger partial charge < -0.3 is 15.0 Å². The van der Waals surface area contributed by atoms with Gasteiger partial charge in [-0.2, -0.15) is 0 Å². The van der Waals surface area contributed by atoms with Gasteiger partial charge in [-0.25, -0.2) is 0 Å². The quantitative estimate of drug-likeness (QED) is 0.788. The smallest absolute Gasteiger partial charge is 0.311 e. The summed E-state index contributed by atoms with van der Waals surface area (Å²) in [4.78, 5) is 38.6. The van der Waals surface area contributed by atoms with Gasteiger partial charge in [-0.1, -0.05) is 29.8 Å². The van der Waals surface area contributed by atoms with Gasteiger partial charge >= 0.3 is 5.97 Å². The second-order valence-corrected chi connectivity index (χ2v) is 7.67. The highest BCUT2D eigenvalue weighted by Gasteiger charge is 2.36. The van der Waals surface area contributed by atoms with Crippen LogP contribution in [-0.2, 0) is 19.1 Å². The predicted molar refractivity (Wildman–Crippen MR) is 112 cm³/mol. The van der Waals surface area contributed by atoms with E-state index in [-0.39, 0.29) is 25.5 Å². The van der Waals surface area contributed by atoms with Gasteiger partial charge in [0.1, 0.15) is 0 Å². The Morgan fingerprint density at radius 3 is 2.45 bits per heavy atom. The molecule has 6 heteroatoms. The van der Waals surface area contributed by atoms with Crippen molar-refractivity contribution < 1.29 is 19.1 Å². The van der Waals surface area contributed by atoms with E-state index in [4.69, 9.17) is 4.74 Å². The Kier molecular flexibility index (Phi) is 6.01. The van der Waals surface area contributed by atoms with Gasteiger partial charge in [0.2, 0.25) is 5.91 Å². The maximum absolute atomic E-state index is 12.4. The van der Waals surface area contributed by atoms with Crippen LogP contribution in [0.1, 0.15) is 28.7 Å². The van der Waals surface area contributed by atoms with Gasteiger partial charge in [0.05, 0.1) is 5.92 Å². The third-order valence-electron chi connectivity index (χ3n) is 5.12. The number of carbonyl (C=O) groups excluding carboxylic acids is 3.